The number of aromatic nitrogens is 1. The molecule has 2 aromatic rings. The van der Waals surface area contributed by atoms with Crippen molar-refractivity contribution >= 4 is 10.9 Å². The van der Waals surface area contributed by atoms with Crippen LogP contribution in [0.5, 0.6) is 5.75 Å². The zero-order valence-electron chi connectivity index (χ0n) is 15.0. The molecule has 0 N–H and O–H groups in total. The summed E-state index contributed by atoms with van der Waals surface area (Å²) < 4.78 is 5.39. The van der Waals surface area contributed by atoms with Crippen molar-refractivity contribution in [3.63, 3.8) is 0 Å². The molecule has 4 heterocycles. The van der Waals surface area contributed by atoms with E-state index in [1.54, 1.807) is 13.3 Å². The molecule has 3 fully saturated rings. The van der Waals surface area contributed by atoms with Crippen LogP contribution in [0.3, 0.4) is 0 Å². The number of hydrogen-bond donors (Lipinski definition) is 0. The van der Waals surface area contributed by atoms with Crippen LogP contribution in [0.25, 0.3) is 21.3 Å². The summed E-state index contributed by atoms with van der Waals surface area (Å²) in [6.45, 7) is 6.06. The van der Waals surface area contributed by atoms with E-state index in [9.17, 15) is 5.53 Å². The normalized spacial score (nSPS) is 28.3. The van der Waals surface area contributed by atoms with Crippen molar-refractivity contribution in [3.05, 3.63) is 59.1 Å². The quantitative estimate of drug-likeness (QED) is 0.345. The maximum absolute atomic E-state index is 9.25. The third-order valence-electron chi connectivity index (χ3n) is 6.00. The Labute approximate surface area is 153 Å². The van der Waals surface area contributed by atoms with Crippen LogP contribution in [0.4, 0.5) is 0 Å². The molecule has 2 unspecified atom stereocenters. The van der Waals surface area contributed by atoms with Gasteiger partial charge in [-0.15, -0.1) is 6.58 Å². The minimum atomic E-state index is -0.230. The molecule has 2 bridgehead atoms. The van der Waals surface area contributed by atoms with Crippen LogP contribution in [0, 0.1) is 11.8 Å². The number of hydrogen-bond acceptors (Lipinski definition) is 4. The summed E-state index contributed by atoms with van der Waals surface area (Å²) >= 11 is 0. The van der Waals surface area contributed by atoms with Crippen LogP contribution in [0.2, 0.25) is 0 Å². The molecule has 6 heteroatoms. The van der Waals surface area contributed by atoms with Crippen LogP contribution in [-0.2, 0) is 0 Å². The molecule has 3 saturated heterocycles. The van der Waals surface area contributed by atoms with Crippen molar-refractivity contribution in [1.82, 2.24) is 9.88 Å². The molecule has 1 aromatic heterocycles. The van der Waals surface area contributed by atoms with Gasteiger partial charge in [-0.2, -0.15) is 0 Å². The lowest BCUT2D eigenvalue weighted by Crippen LogP contribution is -2.54. The van der Waals surface area contributed by atoms with E-state index >= 15 is 0 Å². The second-order valence-corrected chi connectivity index (χ2v) is 7.18. The standard InChI is InChI=1S/C20H23N5O/c1-3-13-12-25-9-7-14(13)10-19(25)20(23-24-21)16-6-8-22-18-5-4-15(26-2)11-17(16)18/h3-6,8,11,13-14,19-20H,1,7,9-10,12H2,2H3/t13-,14?,19?,20-/m0/s1. The van der Waals surface area contributed by atoms with Gasteiger partial charge in [0.15, 0.2) is 0 Å². The first-order valence-electron chi connectivity index (χ1n) is 9.08. The van der Waals surface area contributed by atoms with Crippen molar-refractivity contribution in [2.45, 2.75) is 24.9 Å². The van der Waals surface area contributed by atoms with Crippen LogP contribution in [-0.4, -0.2) is 36.1 Å². The van der Waals surface area contributed by atoms with Crippen molar-refractivity contribution in [2.24, 2.45) is 17.0 Å². The molecular formula is C20H23N5O. The van der Waals surface area contributed by atoms with Crippen LogP contribution < -0.4 is 4.74 Å². The number of nitrogens with zero attached hydrogens (tertiary/aromatic N) is 5. The van der Waals surface area contributed by atoms with Crippen LogP contribution in [0.1, 0.15) is 24.4 Å². The maximum atomic E-state index is 9.25. The molecule has 0 aliphatic carbocycles. The monoisotopic (exact) mass is 349 g/mol. The zero-order valence-corrected chi connectivity index (χ0v) is 15.0. The summed E-state index contributed by atoms with van der Waals surface area (Å²) in [6, 6.07) is 7.81. The highest BCUT2D eigenvalue weighted by Crippen LogP contribution is 2.43. The van der Waals surface area contributed by atoms with Gasteiger partial charge in [0, 0.05) is 29.1 Å². The molecule has 3 aliphatic heterocycles. The zero-order chi connectivity index (χ0) is 18.1. The number of fused-ring (bicyclic) bond motifs is 4. The number of piperidine rings is 3. The van der Waals surface area contributed by atoms with Crippen LogP contribution >= 0.6 is 0 Å². The fraction of sp³-hybridized carbons (Fsp3) is 0.450. The lowest BCUT2D eigenvalue weighted by molar-refractivity contribution is 0.00758. The van der Waals surface area contributed by atoms with Gasteiger partial charge in [-0.05, 0) is 66.6 Å². The number of azide groups is 1. The summed E-state index contributed by atoms with van der Waals surface area (Å²) in [4.78, 5) is 10.1. The molecule has 6 nitrogen and oxygen atoms in total. The number of ether oxygens (including phenoxy) is 1. The van der Waals surface area contributed by atoms with Gasteiger partial charge < -0.3 is 4.74 Å². The van der Waals surface area contributed by atoms with E-state index in [2.05, 4.69) is 32.6 Å². The predicted molar refractivity (Wildman–Crippen MR) is 102 cm³/mol. The maximum Gasteiger partial charge on any atom is 0.119 e. The Morgan fingerprint density at radius 2 is 2.35 bits per heavy atom. The second kappa shape index (κ2) is 6.98. The van der Waals surface area contributed by atoms with E-state index in [0.717, 1.165) is 41.7 Å². The van der Waals surface area contributed by atoms with Gasteiger partial charge in [-0.25, -0.2) is 0 Å². The summed E-state index contributed by atoms with van der Waals surface area (Å²) in [7, 11) is 1.66. The fourth-order valence-electron chi connectivity index (χ4n) is 4.64. The van der Waals surface area contributed by atoms with Crippen molar-refractivity contribution in [2.75, 3.05) is 20.2 Å². The van der Waals surface area contributed by atoms with E-state index in [0.29, 0.717) is 11.8 Å². The average molecular weight is 349 g/mol. The van der Waals surface area contributed by atoms with Crippen molar-refractivity contribution < 1.29 is 4.74 Å². The van der Waals surface area contributed by atoms with Crippen molar-refractivity contribution in [1.29, 1.82) is 0 Å². The summed E-state index contributed by atoms with van der Waals surface area (Å²) in [6.07, 6.45) is 6.12. The van der Waals surface area contributed by atoms with E-state index in [-0.39, 0.29) is 12.1 Å². The second-order valence-electron chi connectivity index (χ2n) is 7.18. The number of benzene rings is 1. The van der Waals surface area contributed by atoms with Crippen LogP contribution in [0.15, 0.2) is 48.2 Å². The third kappa shape index (κ3) is 2.81. The predicted octanol–water partition coefficient (Wildman–Crippen LogP) is 4.49. The average Bonchev–Trinajstić information content (AvgIpc) is 2.71. The molecule has 26 heavy (non-hydrogen) atoms. The number of pyridine rings is 1. The van der Waals surface area contributed by atoms with Crippen molar-refractivity contribution in [3.8, 4) is 5.75 Å². The van der Waals surface area contributed by atoms with E-state index in [4.69, 9.17) is 4.74 Å². The summed E-state index contributed by atoms with van der Waals surface area (Å²) in [5, 5.41) is 5.23. The first-order chi connectivity index (χ1) is 12.7. The Hall–Kier alpha value is -2.56. The Morgan fingerprint density at radius 3 is 3.04 bits per heavy atom. The number of rotatable bonds is 5. The van der Waals surface area contributed by atoms with E-state index in [1.165, 1.54) is 6.42 Å². The molecule has 0 radical (unpaired) electrons. The minimum Gasteiger partial charge on any atom is -0.497 e. The highest BCUT2D eigenvalue weighted by Gasteiger charge is 2.42. The lowest BCUT2D eigenvalue weighted by atomic mass is 9.73. The molecule has 5 rings (SSSR count). The van der Waals surface area contributed by atoms with Gasteiger partial charge in [0.2, 0.25) is 0 Å². The molecule has 5 atom stereocenters. The fourth-order valence-corrected chi connectivity index (χ4v) is 4.64. The first kappa shape index (κ1) is 16.9. The largest absolute Gasteiger partial charge is 0.497 e. The van der Waals surface area contributed by atoms with Gasteiger partial charge in [0.05, 0.1) is 18.7 Å². The topological polar surface area (TPSA) is 74.1 Å². The van der Waals surface area contributed by atoms with E-state index < -0.39 is 0 Å². The Morgan fingerprint density at radius 1 is 1.46 bits per heavy atom. The Kier molecular flexibility index (Phi) is 4.53. The SMILES string of the molecule is C=C[C@H]1C[N@@]2CCC1CC2[C@@H](N=[N+]=[N-])c1ccnc2ccc(OC)cc12. The molecule has 134 valence electrons. The van der Waals surface area contributed by atoms with Gasteiger partial charge in [-0.1, -0.05) is 11.2 Å². The minimum absolute atomic E-state index is 0.220. The molecule has 0 amide bonds. The summed E-state index contributed by atoms with van der Waals surface area (Å²) in [5.74, 6) is 1.95. The Bertz CT molecular complexity index is 876. The molecule has 3 aliphatic rings. The molecular weight excluding hydrogens is 326 g/mol. The van der Waals surface area contributed by atoms with Gasteiger partial charge >= 0.3 is 0 Å². The lowest BCUT2D eigenvalue weighted by Gasteiger charge is -2.51. The molecule has 1 aromatic carbocycles. The third-order valence-corrected chi connectivity index (χ3v) is 6.00. The smallest absolute Gasteiger partial charge is 0.119 e. The molecule has 0 spiro atoms. The molecule has 0 saturated carbocycles. The van der Waals surface area contributed by atoms with E-state index in [1.807, 2.05) is 24.3 Å². The highest BCUT2D eigenvalue weighted by molar-refractivity contribution is 5.84. The van der Waals surface area contributed by atoms with Gasteiger partial charge in [0.1, 0.15) is 5.75 Å². The first-order valence-corrected chi connectivity index (χ1v) is 9.08. The van der Waals surface area contributed by atoms with Gasteiger partial charge in [-0.3, -0.25) is 9.88 Å². The Balaban J connectivity index is 1.77. The van der Waals surface area contributed by atoms with Gasteiger partial charge in [0.25, 0.3) is 0 Å². The highest BCUT2D eigenvalue weighted by atomic mass is 16.5. The summed E-state index contributed by atoms with van der Waals surface area (Å²) in [5.41, 5.74) is 11.2. The number of methoxy groups -OCH3 is 1.